The average Bonchev–Trinajstić information content (AvgIpc) is 3.17. The highest BCUT2D eigenvalue weighted by Gasteiger charge is 2.27. The number of nitrogens with one attached hydrogen (secondary N) is 1. The second-order valence-corrected chi connectivity index (χ2v) is 7.21. The van der Waals surface area contributed by atoms with Crippen molar-refractivity contribution in [2.45, 2.75) is 32.9 Å². The average molecular weight is 340 g/mol. The topological polar surface area (TPSA) is 59.8 Å². The van der Waals surface area contributed by atoms with Crippen LogP contribution in [-0.4, -0.2) is 20.9 Å². The van der Waals surface area contributed by atoms with Gasteiger partial charge in [0.05, 0.1) is 23.2 Å². The molecule has 0 aliphatic carbocycles. The molecule has 0 atom stereocenters. The molecule has 3 rings (SSSR count). The lowest BCUT2D eigenvalue weighted by Crippen LogP contribution is -2.41. The summed E-state index contributed by atoms with van der Waals surface area (Å²) in [6, 6.07) is 12.0. The molecule has 6 heteroatoms. The fourth-order valence-electron chi connectivity index (χ4n) is 2.44. The lowest BCUT2D eigenvalue weighted by atomic mass is 10.0. The highest BCUT2D eigenvalue weighted by atomic mass is 32.1. The Morgan fingerprint density at radius 1 is 1.25 bits per heavy atom. The van der Waals surface area contributed by atoms with Crippen molar-refractivity contribution in [2.24, 2.45) is 0 Å². The molecule has 0 bridgehead atoms. The lowest BCUT2D eigenvalue weighted by Gasteiger charge is -2.23. The van der Waals surface area contributed by atoms with Gasteiger partial charge in [0.1, 0.15) is 5.69 Å². The summed E-state index contributed by atoms with van der Waals surface area (Å²) >= 11 is 1.45. The number of carbonyl (C=O) groups excluding carboxylic acids is 1. The van der Waals surface area contributed by atoms with Gasteiger partial charge in [-0.1, -0.05) is 35.5 Å². The van der Waals surface area contributed by atoms with E-state index in [-0.39, 0.29) is 5.91 Å². The van der Waals surface area contributed by atoms with Crippen LogP contribution in [0.3, 0.4) is 0 Å². The van der Waals surface area contributed by atoms with E-state index in [4.69, 9.17) is 0 Å². The molecule has 0 fully saturated rings. The summed E-state index contributed by atoms with van der Waals surface area (Å²) in [6.07, 6.45) is 1.88. The van der Waals surface area contributed by atoms with Gasteiger partial charge in [0.2, 0.25) is 0 Å². The Hall–Kier alpha value is -2.47. The molecule has 0 aliphatic rings. The number of benzene rings is 1. The standard InChI is InChI=1S/C18H20N4OS/c1-13-9-10-24-16(13)17(23)19-18(2,3)15-12-22(21-20-15)11-14-7-5-4-6-8-14/h4-10,12H,11H2,1-3H3,(H,19,23). The largest absolute Gasteiger partial charge is 0.341 e. The first-order valence-electron chi connectivity index (χ1n) is 7.77. The van der Waals surface area contributed by atoms with Crippen molar-refractivity contribution in [1.29, 1.82) is 0 Å². The summed E-state index contributed by atoms with van der Waals surface area (Å²) in [5, 5.41) is 13.4. The predicted octanol–water partition coefficient (Wildman–Crippen LogP) is 3.36. The van der Waals surface area contributed by atoms with Crippen molar-refractivity contribution in [2.75, 3.05) is 0 Å². The molecule has 0 unspecified atom stereocenters. The molecule has 0 saturated carbocycles. The van der Waals surface area contributed by atoms with Crippen LogP contribution in [0, 0.1) is 6.92 Å². The van der Waals surface area contributed by atoms with Gasteiger partial charge in [-0.3, -0.25) is 4.79 Å². The first-order chi connectivity index (χ1) is 11.5. The normalized spacial score (nSPS) is 11.5. The van der Waals surface area contributed by atoms with E-state index >= 15 is 0 Å². The smallest absolute Gasteiger partial charge is 0.262 e. The number of aryl methyl sites for hydroxylation is 1. The van der Waals surface area contributed by atoms with E-state index < -0.39 is 5.54 Å². The third-order valence-corrected chi connectivity index (χ3v) is 4.88. The first kappa shape index (κ1) is 16.4. The van der Waals surface area contributed by atoms with Crippen molar-refractivity contribution in [3.8, 4) is 0 Å². The minimum absolute atomic E-state index is 0.0786. The molecule has 24 heavy (non-hydrogen) atoms. The van der Waals surface area contributed by atoms with Crippen LogP contribution in [0.15, 0.2) is 48.0 Å². The summed E-state index contributed by atoms with van der Waals surface area (Å²) in [5.41, 5.74) is 2.29. The zero-order valence-corrected chi connectivity index (χ0v) is 14.8. The number of thiophene rings is 1. The van der Waals surface area contributed by atoms with Gasteiger partial charge in [-0.05, 0) is 43.3 Å². The Kier molecular flexibility index (Phi) is 4.49. The molecule has 1 aromatic carbocycles. The molecule has 0 saturated heterocycles. The fourth-order valence-corrected chi connectivity index (χ4v) is 3.26. The third kappa shape index (κ3) is 3.54. The van der Waals surface area contributed by atoms with E-state index in [1.54, 1.807) is 4.68 Å². The molecule has 0 aliphatic heterocycles. The number of aromatic nitrogens is 3. The van der Waals surface area contributed by atoms with Crippen LogP contribution in [0.25, 0.3) is 0 Å². The molecule has 124 valence electrons. The SMILES string of the molecule is Cc1ccsc1C(=O)NC(C)(C)c1cn(Cc2ccccc2)nn1. The maximum atomic E-state index is 12.5. The summed E-state index contributed by atoms with van der Waals surface area (Å²) < 4.78 is 1.79. The maximum absolute atomic E-state index is 12.5. The van der Waals surface area contributed by atoms with Crippen molar-refractivity contribution < 1.29 is 4.79 Å². The summed E-state index contributed by atoms with van der Waals surface area (Å²) in [6.45, 7) is 6.46. The van der Waals surface area contributed by atoms with Crippen LogP contribution in [0.4, 0.5) is 0 Å². The Morgan fingerprint density at radius 2 is 2.00 bits per heavy atom. The van der Waals surface area contributed by atoms with Crippen LogP contribution < -0.4 is 5.32 Å². The molecule has 5 nitrogen and oxygen atoms in total. The highest BCUT2D eigenvalue weighted by Crippen LogP contribution is 2.21. The van der Waals surface area contributed by atoms with Gasteiger partial charge in [0.25, 0.3) is 5.91 Å². The van der Waals surface area contributed by atoms with Crippen LogP contribution in [-0.2, 0) is 12.1 Å². The van der Waals surface area contributed by atoms with Gasteiger partial charge in [0, 0.05) is 0 Å². The molecular formula is C18H20N4OS. The maximum Gasteiger partial charge on any atom is 0.262 e. The molecule has 1 amide bonds. The van der Waals surface area contributed by atoms with E-state index in [1.807, 2.05) is 68.7 Å². The molecule has 2 heterocycles. The Balaban J connectivity index is 1.73. The second-order valence-electron chi connectivity index (χ2n) is 6.30. The van der Waals surface area contributed by atoms with E-state index in [0.29, 0.717) is 6.54 Å². The highest BCUT2D eigenvalue weighted by molar-refractivity contribution is 7.12. The van der Waals surface area contributed by atoms with Crippen LogP contribution in [0.2, 0.25) is 0 Å². The van der Waals surface area contributed by atoms with Crippen molar-refractivity contribution >= 4 is 17.2 Å². The van der Waals surface area contributed by atoms with E-state index in [0.717, 1.165) is 21.7 Å². The van der Waals surface area contributed by atoms with Gasteiger partial charge in [0.15, 0.2) is 0 Å². The van der Waals surface area contributed by atoms with Crippen LogP contribution >= 0.6 is 11.3 Å². The summed E-state index contributed by atoms with van der Waals surface area (Å²) in [4.78, 5) is 13.2. The number of nitrogens with zero attached hydrogens (tertiary/aromatic N) is 3. The second kappa shape index (κ2) is 6.57. The van der Waals surface area contributed by atoms with Gasteiger partial charge < -0.3 is 5.32 Å². The van der Waals surface area contributed by atoms with Crippen LogP contribution in [0.5, 0.6) is 0 Å². The van der Waals surface area contributed by atoms with E-state index in [9.17, 15) is 4.79 Å². The molecule has 0 radical (unpaired) electrons. The Morgan fingerprint density at radius 3 is 2.67 bits per heavy atom. The minimum atomic E-state index is -0.595. The Labute approximate surface area is 145 Å². The van der Waals surface area contributed by atoms with Gasteiger partial charge in [-0.25, -0.2) is 4.68 Å². The Bertz CT molecular complexity index is 836. The number of hydrogen-bond donors (Lipinski definition) is 1. The third-order valence-electron chi connectivity index (χ3n) is 3.86. The molecule has 0 spiro atoms. The summed E-state index contributed by atoms with van der Waals surface area (Å²) in [7, 11) is 0. The number of rotatable bonds is 5. The van der Waals surface area contributed by atoms with E-state index in [1.165, 1.54) is 11.3 Å². The molecular weight excluding hydrogens is 320 g/mol. The number of carbonyl (C=O) groups is 1. The first-order valence-corrected chi connectivity index (χ1v) is 8.65. The fraction of sp³-hybridized carbons (Fsp3) is 0.278. The molecule has 2 aromatic heterocycles. The number of hydrogen-bond acceptors (Lipinski definition) is 4. The van der Waals surface area contributed by atoms with E-state index in [2.05, 4.69) is 15.6 Å². The zero-order valence-electron chi connectivity index (χ0n) is 14.0. The minimum Gasteiger partial charge on any atom is -0.341 e. The molecule has 1 N–H and O–H groups in total. The van der Waals surface area contributed by atoms with Gasteiger partial charge >= 0.3 is 0 Å². The van der Waals surface area contributed by atoms with Crippen molar-refractivity contribution in [3.63, 3.8) is 0 Å². The lowest BCUT2D eigenvalue weighted by molar-refractivity contribution is 0.0914. The van der Waals surface area contributed by atoms with Crippen molar-refractivity contribution in [3.05, 3.63) is 69.7 Å². The zero-order chi connectivity index (χ0) is 17.2. The van der Waals surface area contributed by atoms with Gasteiger partial charge in [-0.2, -0.15) is 0 Å². The molecule has 3 aromatic rings. The predicted molar refractivity (Wildman–Crippen MR) is 95.1 cm³/mol. The van der Waals surface area contributed by atoms with Gasteiger partial charge in [-0.15, -0.1) is 16.4 Å². The summed E-state index contributed by atoms with van der Waals surface area (Å²) in [5.74, 6) is -0.0786. The number of amides is 1. The monoisotopic (exact) mass is 340 g/mol. The van der Waals surface area contributed by atoms with Crippen LogP contribution in [0.1, 0.15) is 40.3 Å². The quantitative estimate of drug-likeness (QED) is 0.775. The van der Waals surface area contributed by atoms with Crippen molar-refractivity contribution in [1.82, 2.24) is 20.3 Å².